The Hall–Kier alpha value is -2.35. The molecular formula is C16H19N3O4S. The molecule has 0 radical (unpaired) electrons. The van der Waals surface area contributed by atoms with Crippen LogP contribution in [-0.4, -0.2) is 46.7 Å². The van der Waals surface area contributed by atoms with Crippen molar-refractivity contribution >= 4 is 40.4 Å². The van der Waals surface area contributed by atoms with E-state index in [0.717, 1.165) is 22.9 Å². The van der Waals surface area contributed by atoms with E-state index >= 15 is 0 Å². The zero-order chi connectivity index (χ0) is 17.9. The van der Waals surface area contributed by atoms with E-state index < -0.39 is 16.4 Å². The normalized spacial score (nSPS) is 16.7. The molecule has 2 N–H and O–H groups in total. The van der Waals surface area contributed by atoms with Gasteiger partial charge in [-0.3, -0.25) is 24.5 Å². The van der Waals surface area contributed by atoms with Crippen molar-refractivity contribution in [2.24, 2.45) is 0 Å². The molecule has 7 nitrogen and oxygen atoms in total. The number of rotatable bonds is 5. The molecule has 1 aliphatic rings. The van der Waals surface area contributed by atoms with Gasteiger partial charge in [0.1, 0.15) is 5.25 Å². The summed E-state index contributed by atoms with van der Waals surface area (Å²) in [6.45, 7) is 3.69. The van der Waals surface area contributed by atoms with Crippen LogP contribution in [0.15, 0.2) is 18.2 Å². The second-order valence-corrected chi connectivity index (χ2v) is 6.88. The lowest BCUT2D eigenvalue weighted by Gasteiger charge is -2.18. The van der Waals surface area contributed by atoms with E-state index in [4.69, 9.17) is 0 Å². The van der Waals surface area contributed by atoms with E-state index in [1.54, 1.807) is 0 Å². The van der Waals surface area contributed by atoms with E-state index in [2.05, 4.69) is 10.6 Å². The first-order chi connectivity index (χ1) is 11.3. The smallest absolute Gasteiger partial charge is 0.286 e. The van der Waals surface area contributed by atoms with Gasteiger partial charge in [-0.05, 0) is 31.0 Å². The third-order valence-electron chi connectivity index (χ3n) is 3.60. The Balaban J connectivity index is 1.89. The number of thioether (sulfide) groups is 1. The quantitative estimate of drug-likeness (QED) is 0.839. The van der Waals surface area contributed by atoms with Crippen LogP contribution in [-0.2, 0) is 14.4 Å². The fourth-order valence-electron chi connectivity index (χ4n) is 2.21. The molecule has 4 amide bonds. The van der Waals surface area contributed by atoms with E-state index in [1.807, 2.05) is 32.0 Å². The summed E-state index contributed by atoms with van der Waals surface area (Å²) in [7, 11) is 1.49. The van der Waals surface area contributed by atoms with Gasteiger partial charge in [0.25, 0.3) is 5.24 Å². The van der Waals surface area contributed by atoms with Crippen molar-refractivity contribution in [1.82, 2.24) is 10.2 Å². The van der Waals surface area contributed by atoms with Gasteiger partial charge in [-0.25, -0.2) is 0 Å². The van der Waals surface area contributed by atoms with Gasteiger partial charge in [-0.2, -0.15) is 0 Å². The van der Waals surface area contributed by atoms with Gasteiger partial charge < -0.3 is 10.2 Å². The van der Waals surface area contributed by atoms with Crippen molar-refractivity contribution in [3.63, 3.8) is 0 Å². The number of hydrogen-bond donors (Lipinski definition) is 2. The minimum atomic E-state index is -0.727. The molecule has 0 aromatic heterocycles. The van der Waals surface area contributed by atoms with Gasteiger partial charge in [0, 0.05) is 19.2 Å². The fraction of sp³-hybridized carbons (Fsp3) is 0.375. The maximum Gasteiger partial charge on any atom is 0.286 e. The highest BCUT2D eigenvalue weighted by atomic mass is 32.2. The number of nitrogens with one attached hydrogen (secondary N) is 2. The number of amides is 4. The maximum atomic E-state index is 12.1. The molecule has 0 unspecified atom stereocenters. The van der Waals surface area contributed by atoms with Crippen LogP contribution in [0.5, 0.6) is 0 Å². The number of likely N-dealkylation sites (N-methyl/N-ethyl adjacent to an activating group) is 1. The summed E-state index contributed by atoms with van der Waals surface area (Å²) in [5.74, 6) is -1.15. The molecular weight excluding hydrogens is 330 g/mol. The standard InChI is InChI=1S/C16H19N3O4S/c1-9-4-5-10(2)11(6-9)17-13(20)8-19(3)14(21)7-12-15(22)18-16(23)24-12/h4-6,12H,7-8H2,1-3H3,(H,17,20)(H,18,22,23)/t12-/m0/s1. The summed E-state index contributed by atoms with van der Waals surface area (Å²) in [5, 5.41) is 3.73. The maximum absolute atomic E-state index is 12.1. The molecule has 0 bridgehead atoms. The number of anilines is 1. The predicted molar refractivity (Wildman–Crippen MR) is 91.7 cm³/mol. The Morgan fingerprint density at radius 1 is 1.29 bits per heavy atom. The fourth-order valence-corrected chi connectivity index (χ4v) is 3.02. The van der Waals surface area contributed by atoms with Gasteiger partial charge >= 0.3 is 0 Å². The summed E-state index contributed by atoms with van der Waals surface area (Å²) < 4.78 is 0. The Kier molecular flexibility index (Phi) is 5.61. The number of aryl methyl sites for hydroxylation is 2. The Morgan fingerprint density at radius 3 is 2.62 bits per heavy atom. The lowest BCUT2D eigenvalue weighted by atomic mass is 10.1. The SMILES string of the molecule is Cc1ccc(C)c(NC(=O)CN(C)C(=O)C[C@@H]2SC(=O)NC2=O)c1. The third-order valence-corrected chi connectivity index (χ3v) is 4.58. The van der Waals surface area contributed by atoms with Crippen molar-refractivity contribution in [2.45, 2.75) is 25.5 Å². The summed E-state index contributed by atoms with van der Waals surface area (Å²) in [4.78, 5) is 48.0. The highest BCUT2D eigenvalue weighted by Crippen LogP contribution is 2.22. The van der Waals surface area contributed by atoms with Crippen molar-refractivity contribution in [2.75, 3.05) is 18.9 Å². The number of imide groups is 1. The molecule has 1 saturated heterocycles. The van der Waals surface area contributed by atoms with E-state index in [9.17, 15) is 19.2 Å². The zero-order valence-corrected chi connectivity index (χ0v) is 14.5. The lowest BCUT2D eigenvalue weighted by molar-refractivity contribution is -0.134. The Morgan fingerprint density at radius 2 is 2.00 bits per heavy atom. The molecule has 0 saturated carbocycles. The second kappa shape index (κ2) is 7.48. The van der Waals surface area contributed by atoms with Crippen LogP contribution in [0.1, 0.15) is 17.5 Å². The van der Waals surface area contributed by atoms with Crippen molar-refractivity contribution in [3.8, 4) is 0 Å². The molecule has 24 heavy (non-hydrogen) atoms. The Labute approximate surface area is 144 Å². The number of carbonyl (C=O) groups is 4. The summed E-state index contributed by atoms with van der Waals surface area (Å²) in [5.41, 5.74) is 2.66. The number of nitrogens with zero attached hydrogens (tertiary/aromatic N) is 1. The van der Waals surface area contributed by atoms with Gasteiger partial charge in [0.2, 0.25) is 17.7 Å². The molecule has 0 spiro atoms. The Bertz CT molecular complexity index is 705. The molecule has 1 atom stereocenters. The van der Waals surface area contributed by atoms with Crippen LogP contribution >= 0.6 is 11.8 Å². The van der Waals surface area contributed by atoms with Crippen LogP contribution in [0.4, 0.5) is 10.5 Å². The largest absolute Gasteiger partial charge is 0.336 e. The number of benzene rings is 1. The molecule has 1 heterocycles. The first-order valence-corrected chi connectivity index (χ1v) is 8.27. The summed E-state index contributed by atoms with van der Waals surface area (Å²) in [6, 6.07) is 5.72. The molecule has 1 aromatic carbocycles. The van der Waals surface area contributed by atoms with Gasteiger partial charge in [0.05, 0.1) is 6.54 Å². The second-order valence-electron chi connectivity index (χ2n) is 5.70. The van der Waals surface area contributed by atoms with E-state index in [-0.39, 0.29) is 24.8 Å². The predicted octanol–water partition coefficient (Wildman–Crippen LogP) is 1.44. The highest BCUT2D eigenvalue weighted by Gasteiger charge is 2.34. The summed E-state index contributed by atoms with van der Waals surface area (Å²) >= 11 is 0.797. The first kappa shape index (κ1) is 18.0. The lowest BCUT2D eigenvalue weighted by Crippen LogP contribution is -2.37. The molecule has 8 heteroatoms. The van der Waals surface area contributed by atoms with E-state index in [0.29, 0.717) is 5.69 Å². The zero-order valence-electron chi connectivity index (χ0n) is 13.7. The van der Waals surface area contributed by atoms with Crippen molar-refractivity contribution in [3.05, 3.63) is 29.3 Å². The van der Waals surface area contributed by atoms with Gasteiger partial charge in [0.15, 0.2) is 0 Å². The molecule has 1 aliphatic heterocycles. The van der Waals surface area contributed by atoms with Crippen molar-refractivity contribution < 1.29 is 19.2 Å². The van der Waals surface area contributed by atoms with Crippen LogP contribution in [0, 0.1) is 13.8 Å². The first-order valence-electron chi connectivity index (χ1n) is 7.39. The van der Waals surface area contributed by atoms with Crippen LogP contribution in [0.3, 0.4) is 0 Å². The molecule has 1 fully saturated rings. The van der Waals surface area contributed by atoms with Crippen LogP contribution in [0.25, 0.3) is 0 Å². The van der Waals surface area contributed by atoms with Crippen LogP contribution in [0.2, 0.25) is 0 Å². The molecule has 1 aromatic rings. The highest BCUT2D eigenvalue weighted by molar-refractivity contribution is 8.15. The average molecular weight is 349 g/mol. The average Bonchev–Trinajstić information content (AvgIpc) is 2.80. The van der Waals surface area contributed by atoms with Crippen LogP contribution < -0.4 is 10.6 Å². The monoisotopic (exact) mass is 349 g/mol. The minimum absolute atomic E-state index is 0.116. The summed E-state index contributed by atoms with van der Waals surface area (Å²) in [6.07, 6.45) is -0.116. The van der Waals surface area contributed by atoms with Gasteiger partial charge in [-0.15, -0.1) is 0 Å². The molecule has 0 aliphatic carbocycles. The van der Waals surface area contributed by atoms with Crippen molar-refractivity contribution in [1.29, 1.82) is 0 Å². The minimum Gasteiger partial charge on any atom is -0.336 e. The number of hydrogen-bond acceptors (Lipinski definition) is 5. The number of carbonyl (C=O) groups excluding carboxylic acids is 4. The topological polar surface area (TPSA) is 95.6 Å². The molecule has 128 valence electrons. The van der Waals surface area contributed by atoms with Gasteiger partial charge in [-0.1, -0.05) is 23.9 Å². The molecule has 2 rings (SSSR count). The third kappa shape index (κ3) is 4.58. The van der Waals surface area contributed by atoms with E-state index in [1.165, 1.54) is 11.9 Å².